The summed E-state index contributed by atoms with van der Waals surface area (Å²) in [4.78, 5) is 5.05. The topological polar surface area (TPSA) is 6.48 Å². The normalized spacial score (nSPS) is 14.3. The lowest BCUT2D eigenvalue weighted by molar-refractivity contribution is 0.602. The zero-order chi connectivity index (χ0) is 57.2. The maximum atomic E-state index is 2.53. The Labute approximate surface area is 505 Å². The van der Waals surface area contributed by atoms with Crippen molar-refractivity contribution in [3.63, 3.8) is 0 Å². The van der Waals surface area contributed by atoms with Gasteiger partial charge in [0, 0.05) is 76.6 Å². The lowest BCUT2D eigenvalue weighted by Gasteiger charge is -2.33. The van der Waals surface area contributed by atoms with Gasteiger partial charge in [-0.05, 0) is 169 Å². The first-order valence-corrected chi connectivity index (χ1v) is 31.4. The van der Waals surface area contributed by atoms with E-state index in [0.717, 1.165) is 22.7 Å². The number of benzene rings is 14. The third kappa shape index (κ3) is 9.18. The van der Waals surface area contributed by atoms with Crippen LogP contribution in [0.3, 0.4) is 0 Å². The molecule has 86 heavy (non-hydrogen) atoms. The van der Waals surface area contributed by atoms with Crippen molar-refractivity contribution in [1.29, 1.82) is 0 Å². The van der Waals surface area contributed by atoms with Gasteiger partial charge in [0.25, 0.3) is 0 Å². The molecule has 0 radical (unpaired) electrons. The highest BCUT2D eigenvalue weighted by atomic mass is 15.2. The third-order valence-electron chi connectivity index (χ3n) is 19.0. The minimum Gasteiger partial charge on any atom is -0.309 e. The summed E-state index contributed by atoms with van der Waals surface area (Å²) in [6.45, 7) is 4.36. The maximum Gasteiger partial charge on any atom is 0.0619 e. The van der Waals surface area contributed by atoms with Crippen molar-refractivity contribution in [2.24, 2.45) is 0 Å². The van der Waals surface area contributed by atoms with Gasteiger partial charge in [0.1, 0.15) is 0 Å². The second-order valence-electron chi connectivity index (χ2n) is 24.6. The van der Waals surface area contributed by atoms with E-state index in [4.69, 9.17) is 0 Å². The van der Waals surface area contributed by atoms with Gasteiger partial charge in [-0.2, -0.15) is 0 Å². The lowest BCUT2D eigenvalue weighted by atomic mass is 9.79. The molecule has 14 aromatic rings. The number of allylic oxidation sites excluding steroid dienone is 2. The highest BCUT2D eigenvalue weighted by Crippen LogP contribution is 2.58. The summed E-state index contributed by atoms with van der Waals surface area (Å²) in [5.74, 6) is 0. The van der Waals surface area contributed by atoms with Crippen LogP contribution in [0.4, 0.5) is 34.1 Å². The number of fused-ring (bicyclic) bond motifs is 2. The van der Waals surface area contributed by atoms with Gasteiger partial charge in [-0.1, -0.05) is 241 Å². The molecule has 414 valence electrons. The van der Waals surface area contributed by atoms with Gasteiger partial charge in [0.05, 0.1) is 11.4 Å². The molecule has 0 aromatic heterocycles. The van der Waals surface area contributed by atoms with E-state index < -0.39 is 0 Å². The minimum absolute atomic E-state index is 1.12. The van der Waals surface area contributed by atoms with Crippen molar-refractivity contribution in [2.75, 3.05) is 9.80 Å². The second kappa shape index (κ2) is 21.7. The summed E-state index contributed by atoms with van der Waals surface area (Å²) < 4.78 is 0. The summed E-state index contributed by atoms with van der Waals surface area (Å²) in [5, 5.41) is 18.0. The first-order valence-electron chi connectivity index (χ1n) is 31.4. The van der Waals surface area contributed by atoms with Crippen LogP contribution in [0, 0.1) is 13.8 Å². The predicted octanol–water partition coefficient (Wildman–Crippen LogP) is 24.7. The molecule has 2 nitrogen and oxygen atoms in total. The molecule has 2 heteroatoms. The fraction of sp³-hybridized carbons (Fsp3) is 0.143. The van der Waals surface area contributed by atoms with Crippen molar-refractivity contribution in [3.05, 3.63) is 274 Å². The average Bonchev–Trinajstić information content (AvgIpc) is 0.704. The van der Waals surface area contributed by atoms with Crippen molar-refractivity contribution in [1.82, 2.24) is 0 Å². The molecule has 0 heterocycles. The van der Waals surface area contributed by atoms with E-state index in [1.165, 1.54) is 195 Å². The van der Waals surface area contributed by atoms with Crippen LogP contribution in [-0.4, -0.2) is 0 Å². The molecule has 0 N–H and O–H groups in total. The number of hydrogen-bond acceptors (Lipinski definition) is 2. The Morgan fingerprint density at radius 3 is 0.779 bits per heavy atom. The standard InChI is InChI=1S/C84H68N2/c1-55-25-45-65(46-26-55)85(67-49-41-59(42-50-67)31-29-57-33-37-63(38-34-57)53-61-13-5-3-6-14-61)83-73-21-9-17-69-71-19-11-23-75-79(71)82-80-72(70-18-10-22-74(83)78(70)81(82)77(69)73)20-12-24-76(80)84(75)86(66-47-27-56(2)28-48-66)68-51-43-60(44-52-68)32-30-58-35-39-64(40-36-58)54-62-15-7-4-8-16-62/h9-12,17-54H,3-8,13-16H2,1-2H3/b31-29+,32-30+. The van der Waals surface area contributed by atoms with Gasteiger partial charge in [-0.15, -0.1) is 0 Å². The van der Waals surface area contributed by atoms with Crippen LogP contribution in [0.15, 0.2) is 230 Å². The largest absolute Gasteiger partial charge is 0.309 e. The summed E-state index contributed by atoms with van der Waals surface area (Å²) >= 11 is 0. The number of hydrogen-bond donors (Lipinski definition) is 0. The van der Waals surface area contributed by atoms with Crippen molar-refractivity contribution < 1.29 is 0 Å². The molecule has 0 amide bonds. The SMILES string of the molecule is Cc1ccc(N(c2ccc(/C=C/c3ccc(C=C4CCCCC4)cc3)cc2)c2c3cccc4c5cccc6c(N(c7ccc(C)cc7)c7ccc(/C=C/c8ccc(C=C9CCCCC9)cc8)cc7)c7cccc8c9cccc2c9c(c34)c(c65)c78)cc1. The van der Waals surface area contributed by atoms with Crippen LogP contribution < -0.4 is 9.80 Å². The van der Waals surface area contributed by atoms with Gasteiger partial charge in [0.15, 0.2) is 0 Å². The van der Waals surface area contributed by atoms with Crippen molar-refractivity contribution >= 4 is 146 Å². The Kier molecular flexibility index (Phi) is 13.1. The molecule has 16 rings (SSSR count). The van der Waals surface area contributed by atoms with Crippen molar-refractivity contribution in [2.45, 2.75) is 78.1 Å². The molecular formula is C84H68N2. The maximum absolute atomic E-state index is 2.53. The molecule has 14 aromatic carbocycles. The van der Waals surface area contributed by atoms with Gasteiger partial charge < -0.3 is 9.80 Å². The summed E-state index contributed by atoms with van der Waals surface area (Å²) in [6, 6.07) is 82.9. The molecule has 0 bridgehead atoms. The molecule has 2 saturated carbocycles. The first kappa shape index (κ1) is 51.8. The first-order chi connectivity index (χ1) is 42.5. The Balaban J connectivity index is 0.840. The zero-order valence-electron chi connectivity index (χ0n) is 49.2. The van der Waals surface area contributed by atoms with E-state index in [2.05, 4.69) is 278 Å². The smallest absolute Gasteiger partial charge is 0.0619 e. The van der Waals surface area contributed by atoms with Crippen LogP contribution in [-0.2, 0) is 0 Å². The quantitative estimate of drug-likeness (QED) is 0.0683. The second-order valence-corrected chi connectivity index (χ2v) is 24.6. The van der Waals surface area contributed by atoms with E-state index in [9.17, 15) is 0 Å². The van der Waals surface area contributed by atoms with Gasteiger partial charge in [-0.25, -0.2) is 0 Å². The van der Waals surface area contributed by atoms with E-state index in [1.54, 1.807) is 11.1 Å². The number of rotatable bonds is 12. The monoisotopic (exact) mass is 1100 g/mol. The van der Waals surface area contributed by atoms with E-state index in [-0.39, 0.29) is 0 Å². The molecule has 2 fully saturated rings. The molecule has 0 atom stereocenters. The highest BCUT2D eigenvalue weighted by Gasteiger charge is 2.30. The van der Waals surface area contributed by atoms with Crippen LogP contribution in [0.25, 0.3) is 112 Å². The van der Waals surface area contributed by atoms with Crippen LogP contribution >= 0.6 is 0 Å². The van der Waals surface area contributed by atoms with E-state index >= 15 is 0 Å². The van der Waals surface area contributed by atoms with Gasteiger partial charge in [0.2, 0.25) is 0 Å². The molecule has 2 aliphatic rings. The summed E-state index contributed by atoms with van der Waals surface area (Å²) in [5.41, 5.74) is 19.9. The van der Waals surface area contributed by atoms with Crippen LogP contribution in [0.1, 0.15) is 109 Å². The predicted molar refractivity (Wildman–Crippen MR) is 374 cm³/mol. The number of nitrogens with zero attached hydrogens (tertiary/aromatic N) is 2. The fourth-order valence-corrected chi connectivity index (χ4v) is 14.7. The minimum atomic E-state index is 1.12. The number of aryl methyl sites for hydroxylation is 2. The molecule has 0 spiro atoms. The lowest BCUT2D eigenvalue weighted by Crippen LogP contribution is -2.13. The fourth-order valence-electron chi connectivity index (χ4n) is 14.7. The van der Waals surface area contributed by atoms with Gasteiger partial charge >= 0.3 is 0 Å². The Morgan fingerprint density at radius 1 is 0.244 bits per heavy atom. The number of anilines is 6. The molecule has 0 saturated heterocycles. The molecular weight excluding hydrogens is 1040 g/mol. The van der Waals surface area contributed by atoms with E-state index in [0.29, 0.717) is 0 Å². The van der Waals surface area contributed by atoms with E-state index in [1.807, 2.05) is 0 Å². The zero-order valence-corrected chi connectivity index (χ0v) is 49.2. The third-order valence-corrected chi connectivity index (χ3v) is 19.0. The summed E-state index contributed by atoms with van der Waals surface area (Å²) in [6.07, 6.45) is 26.8. The Hall–Kier alpha value is -9.76. The summed E-state index contributed by atoms with van der Waals surface area (Å²) in [7, 11) is 0. The Morgan fingerprint density at radius 2 is 0.488 bits per heavy atom. The van der Waals surface area contributed by atoms with Crippen LogP contribution in [0.5, 0.6) is 0 Å². The van der Waals surface area contributed by atoms with Crippen molar-refractivity contribution in [3.8, 4) is 0 Å². The molecule has 0 aliphatic heterocycles. The van der Waals surface area contributed by atoms with Crippen LogP contribution in [0.2, 0.25) is 0 Å². The molecule has 2 aliphatic carbocycles. The Bertz CT molecular complexity index is 4470. The average molecular weight is 1110 g/mol. The van der Waals surface area contributed by atoms with Gasteiger partial charge in [-0.3, -0.25) is 0 Å². The molecule has 0 unspecified atom stereocenters. The highest BCUT2D eigenvalue weighted by molar-refractivity contribution is 6.51.